The van der Waals surface area contributed by atoms with Gasteiger partial charge in [0.2, 0.25) is 0 Å². The Bertz CT molecular complexity index is 399. The van der Waals surface area contributed by atoms with Crippen LogP contribution in [0.4, 0.5) is 11.4 Å². The molecular formula is C18H24N2. The summed E-state index contributed by atoms with van der Waals surface area (Å²) in [5.74, 6) is 0. The predicted octanol–water partition coefficient (Wildman–Crippen LogP) is 4.04. The molecule has 0 spiro atoms. The number of hydrogen-bond donors (Lipinski definition) is 0. The van der Waals surface area contributed by atoms with Crippen LogP contribution in [0.15, 0.2) is 74.9 Å². The van der Waals surface area contributed by atoms with Crippen LogP contribution >= 0.6 is 0 Å². The Morgan fingerprint density at radius 1 is 0.650 bits per heavy atom. The summed E-state index contributed by atoms with van der Waals surface area (Å²) in [6.07, 6.45) is 7.63. The summed E-state index contributed by atoms with van der Waals surface area (Å²) in [7, 11) is 0. The maximum Gasteiger partial charge on any atom is 0.0609 e. The van der Waals surface area contributed by atoms with Gasteiger partial charge in [0.05, 0.1) is 11.4 Å². The van der Waals surface area contributed by atoms with Gasteiger partial charge < -0.3 is 9.80 Å². The average molecular weight is 268 g/mol. The monoisotopic (exact) mass is 268 g/mol. The molecule has 0 saturated carbocycles. The number of hydrogen-bond acceptors (Lipinski definition) is 2. The highest BCUT2D eigenvalue weighted by Gasteiger charge is 2.12. The average Bonchev–Trinajstić information content (AvgIpc) is 2.47. The van der Waals surface area contributed by atoms with Crippen LogP contribution in [-0.2, 0) is 0 Å². The lowest BCUT2D eigenvalue weighted by atomic mass is 10.2. The molecule has 1 aromatic carbocycles. The SMILES string of the molecule is C=CCN(CC=C)c1ccccc1N(CC=C)CC=C. The van der Waals surface area contributed by atoms with Crippen molar-refractivity contribution in [2.24, 2.45) is 0 Å². The third-order valence-corrected chi connectivity index (χ3v) is 2.96. The molecule has 0 unspecified atom stereocenters. The molecule has 0 heterocycles. The van der Waals surface area contributed by atoms with Crippen LogP contribution in [0.1, 0.15) is 0 Å². The van der Waals surface area contributed by atoms with E-state index in [-0.39, 0.29) is 0 Å². The standard InChI is InChI=1S/C18H24N2/c1-5-13-19(14-6-2)17-11-9-10-12-18(17)20(15-7-3)16-8-4/h5-12H,1-4,13-16H2. The zero-order valence-electron chi connectivity index (χ0n) is 12.2. The van der Waals surface area contributed by atoms with E-state index in [4.69, 9.17) is 0 Å². The molecule has 0 amide bonds. The molecule has 0 bridgehead atoms. The van der Waals surface area contributed by atoms with E-state index in [1.165, 1.54) is 11.4 Å². The van der Waals surface area contributed by atoms with Crippen LogP contribution in [0.25, 0.3) is 0 Å². The van der Waals surface area contributed by atoms with E-state index in [0.717, 1.165) is 26.2 Å². The maximum absolute atomic E-state index is 3.83. The molecule has 0 aromatic heterocycles. The molecule has 106 valence electrons. The molecule has 0 aliphatic heterocycles. The smallest absolute Gasteiger partial charge is 0.0609 e. The second-order valence-corrected chi connectivity index (χ2v) is 4.45. The van der Waals surface area contributed by atoms with E-state index < -0.39 is 0 Å². The van der Waals surface area contributed by atoms with Gasteiger partial charge in [0, 0.05) is 26.2 Å². The highest BCUT2D eigenvalue weighted by Crippen LogP contribution is 2.29. The van der Waals surface area contributed by atoms with Crippen molar-refractivity contribution in [1.29, 1.82) is 0 Å². The minimum atomic E-state index is 0.791. The van der Waals surface area contributed by atoms with Crippen molar-refractivity contribution in [2.75, 3.05) is 36.0 Å². The van der Waals surface area contributed by atoms with Gasteiger partial charge in [-0.15, -0.1) is 26.3 Å². The first-order valence-electron chi connectivity index (χ1n) is 6.81. The van der Waals surface area contributed by atoms with Gasteiger partial charge in [-0.1, -0.05) is 36.4 Å². The first kappa shape index (κ1) is 15.8. The van der Waals surface area contributed by atoms with Gasteiger partial charge in [-0.2, -0.15) is 0 Å². The van der Waals surface area contributed by atoms with Crippen molar-refractivity contribution >= 4 is 11.4 Å². The van der Waals surface area contributed by atoms with Crippen LogP contribution in [0.2, 0.25) is 0 Å². The molecule has 0 N–H and O–H groups in total. The quantitative estimate of drug-likeness (QED) is 0.591. The molecule has 0 aliphatic rings. The van der Waals surface area contributed by atoms with Crippen LogP contribution in [-0.4, -0.2) is 26.2 Å². The van der Waals surface area contributed by atoms with Crippen molar-refractivity contribution in [3.05, 3.63) is 74.9 Å². The van der Waals surface area contributed by atoms with E-state index in [0.29, 0.717) is 0 Å². The Morgan fingerprint density at radius 3 is 1.20 bits per heavy atom. The molecule has 0 aliphatic carbocycles. The topological polar surface area (TPSA) is 6.48 Å². The molecule has 0 fully saturated rings. The van der Waals surface area contributed by atoms with Crippen LogP contribution in [0, 0.1) is 0 Å². The number of anilines is 2. The van der Waals surface area contributed by atoms with E-state index in [9.17, 15) is 0 Å². The number of rotatable bonds is 10. The second kappa shape index (κ2) is 8.81. The van der Waals surface area contributed by atoms with Gasteiger partial charge in [-0.05, 0) is 12.1 Å². The third-order valence-electron chi connectivity index (χ3n) is 2.96. The van der Waals surface area contributed by atoms with E-state index >= 15 is 0 Å². The summed E-state index contributed by atoms with van der Waals surface area (Å²) in [6, 6.07) is 8.36. The van der Waals surface area contributed by atoms with Crippen molar-refractivity contribution < 1.29 is 0 Å². The number of nitrogens with zero attached hydrogens (tertiary/aromatic N) is 2. The summed E-state index contributed by atoms with van der Waals surface area (Å²) in [6.45, 7) is 18.5. The van der Waals surface area contributed by atoms with Crippen molar-refractivity contribution in [1.82, 2.24) is 0 Å². The lowest BCUT2D eigenvalue weighted by Crippen LogP contribution is -2.29. The minimum absolute atomic E-state index is 0.791. The zero-order chi connectivity index (χ0) is 14.8. The summed E-state index contributed by atoms with van der Waals surface area (Å²) in [5, 5.41) is 0. The van der Waals surface area contributed by atoms with Crippen LogP contribution < -0.4 is 9.80 Å². The molecule has 2 nitrogen and oxygen atoms in total. The Hall–Kier alpha value is -2.22. The lowest BCUT2D eigenvalue weighted by molar-refractivity contribution is 0.916. The molecule has 1 aromatic rings. The molecular weight excluding hydrogens is 244 g/mol. The molecule has 1 rings (SSSR count). The molecule has 2 heteroatoms. The normalized spacial score (nSPS) is 9.60. The summed E-state index contributed by atoms with van der Waals surface area (Å²) < 4.78 is 0. The van der Waals surface area contributed by atoms with E-state index in [1.54, 1.807) is 0 Å². The molecule has 20 heavy (non-hydrogen) atoms. The number of benzene rings is 1. The predicted molar refractivity (Wildman–Crippen MR) is 91.7 cm³/mol. The van der Waals surface area contributed by atoms with Gasteiger partial charge in [-0.25, -0.2) is 0 Å². The van der Waals surface area contributed by atoms with Gasteiger partial charge in [0.25, 0.3) is 0 Å². The van der Waals surface area contributed by atoms with Gasteiger partial charge in [-0.3, -0.25) is 0 Å². The minimum Gasteiger partial charge on any atom is -0.362 e. The molecule has 0 saturated heterocycles. The van der Waals surface area contributed by atoms with Crippen molar-refractivity contribution in [3.63, 3.8) is 0 Å². The maximum atomic E-state index is 3.83. The van der Waals surface area contributed by atoms with E-state index in [1.807, 2.05) is 24.3 Å². The summed E-state index contributed by atoms with van der Waals surface area (Å²) in [5.41, 5.74) is 2.35. The second-order valence-electron chi connectivity index (χ2n) is 4.45. The fourth-order valence-corrected chi connectivity index (χ4v) is 2.16. The molecule has 0 radical (unpaired) electrons. The first-order valence-corrected chi connectivity index (χ1v) is 6.81. The third kappa shape index (κ3) is 4.16. The Morgan fingerprint density at radius 2 is 0.950 bits per heavy atom. The van der Waals surface area contributed by atoms with E-state index in [2.05, 4.69) is 60.4 Å². The van der Waals surface area contributed by atoms with Gasteiger partial charge in [0.1, 0.15) is 0 Å². The van der Waals surface area contributed by atoms with Gasteiger partial charge >= 0.3 is 0 Å². The summed E-state index contributed by atoms with van der Waals surface area (Å²) in [4.78, 5) is 4.49. The van der Waals surface area contributed by atoms with Crippen LogP contribution in [0.5, 0.6) is 0 Å². The zero-order valence-corrected chi connectivity index (χ0v) is 12.2. The first-order chi connectivity index (χ1) is 9.78. The lowest BCUT2D eigenvalue weighted by Gasteiger charge is -2.30. The Labute approximate surface area is 123 Å². The fourth-order valence-electron chi connectivity index (χ4n) is 2.16. The molecule has 0 atom stereocenters. The highest BCUT2D eigenvalue weighted by atomic mass is 15.2. The van der Waals surface area contributed by atoms with Gasteiger partial charge in [0.15, 0.2) is 0 Å². The van der Waals surface area contributed by atoms with Crippen molar-refractivity contribution in [3.8, 4) is 0 Å². The Balaban J connectivity index is 3.17. The largest absolute Gasteiger partial charge is 0.362 e. The number of para-hydroxylation sites is 2. The fraction of sp³-hybridized carbons (Fsp3) is 0.222. The Kier molecular flexibility index (Phi) is 6.97. The summed E-state index contributed by atoms with van der Waals surface area (Å²) >= 11 is 0. The van der Waals surface area contributed by atoms with Crippen molar-refractivity contribution in [2.45, 2.75) is 0 Å². The van der Waals surface area contributed by atoms with Crippen LogP contribution in [0.3, 0.4) is 0 Å². The highest BCUT2D eigenvalue weighted by molar-refractivity contribution is 5.72.